The van der Waals surface area contributed by atoms with Gasteiger partial charge in [-0.15, -0.1) is 24.0 Å². The van der Waals surface area contributed by atoms with Crippen LogP contribution in [0.25, 0.3) is 0 Å². The van der Waals surface area contributed by atoms with Crippen molar-refractivity contribution in [3.63, 3.8) is 0 Å². The van der Waals surface area contributed by atoms with Crippen LogP contribution in [0.3, 0.4) is 0 Å². The van der Waals surface area contributed by atoms with Crippen molar-refractivity contribution in [1.82, 2.24) is 10.6 Å². The van der Waals surface area contributed by atoms with Gasteiger partial charge in [-0.05, 0) is 52.0 Å². The third-order valence-corrected chi connectivity index (χ3v) is 5.47. The number of para-hydroxylation sites is 1. The van der Waals surface area contributed by atoms with E-state index in [1.54, 1.807) is 7.11 Å². The second kappa shape index (κ2) is 14.0. The van der Waals surface area contributed by atoms with E-state index in [9.17, 15) is 0 Å². The summed E-state index contributed by atoms with van der Waals surface area (Å²) in [6.45, 7) is 7.58. The van der Waals surface area contributed by atoms with Gasteiger partial charge in [0, 0.05) is 24.8 Å². The lowest BCUT2D eigenvalue weighted by atomic mass is 10.1. The zero-order valence-electron chi connectivity index (χ0n) is 19.0. The fraction of sp³-hybridized carbons (Fsp3) is 0.696. The summed E-state index contributed by atoms with van der Waals surface area (Å²) in [7, 11) is 1.69. The molecule has 1 aromatic carbocycles. The Kier molecular flexibility index (Phi) is 11.7. The van der Waals surface area contributed by atoms with Crippen LogP contribution in [0.4, 0.5) is 0 Å². The number of nitrogens with zero attached hydrogens (tertiary/aromatic N) is 1. The molecule has 2 atom stereocenters. The zero-order valence-corrected chi connectivity index (χ0v) is 21.4. The van der Waals surface area contributed by atoms with E-state index in [1.807, 2.05) is 12.1 Å². The van der Waals surface area contributed by atoms with E-state index in [1.165, 1.54) is 12.8 Å². The van der Waals surface area contributed by atoms with Gasteiger partial charge in [0.25, 0.3) is 0 Å². The highest BCUT2D eigenvalue weighted by Crippen LogP contribution is 2.35. The summed E-state index contributed by atoms with van der Waals surface area (Å²) in [6, 6.07) is 6.15. The van der Waals surface area contributed by atoms with Gasteiger partial charge in [0.15, 0.2) is 17.5 Å². The smallest absolute Gasteiger partial charge is 0.191 e. The molecule has 1 aliphatic carbocycles. The number of guanidine groups is 1. The predicted octanol–water partition coefficient (Wildman–Crippen LogP) is 3.88. The molecule has 176 valence electrons. The van der Waals surface area contributed by atoms with Gasteiger partial charge in [-0.2, -0.15) is 0 Å². The number of aliphatic imine (C=N–C) groups is 1. The number of hydrogen-bond acceptors (Lipinski definition) is 5. The van der Waals surface area contributed by atoms with E-state index in [0.29, 0.717) is 19.8 Å². The third-order valence-electron chi connectivity index (χ3n) is 5.47. The molecule has 1 aromatic rings. The number of benzene rings is 1. The van der Waals surface area contributed by atoms with Crippen LogP contribution in [0.15, 0.2) is 23.2 Å². The number of rotatable bonds is 10. The summed E-state index contributed by atoms with van der Waals surface area (Å²) in [5, 5.41) is 6.75. The summed E-state index contributed by atoms with van der Waals surface area (Å²) >= 11 is 0. The van der Waals surface area contributed by atoms with Crippen LogP contribution < -0.4 is 20.1 Å². The number of methoxy groups -OCH3 is 1. The molecule has 0 aromatic heterocycles. The Balaban J connectivity index is 0.00000341. The molecule has 0 amide bonds. The Labute approximate surface area is 203 Å². The zero-order chi connectivity index (χ0) is 21.2. The molecule has 1 heterocycles. The second-order valence-corrected chi connectivity index (χ2v) is 8.03. The lowest BCUT2D eigenvalue weighted by Gasteiger charge is -2.21. The summed E-state index contributed by atoms with van der Waals surface area (Å²) in [5.74, 6) is 2.36. The summed E-state index contributed by atoms with van der Waals surface area (Å²) in [4.78, 5) is 4.79. The molecule has 0 bridgehead atoms. The topological polar surface area (TPSA) is 73.3 Å². The van der Waals surface area contributed by atoms with Crippen LogP contribution in [0.5, 0.6) is 11.5 Å². The minimum atomic E-state index is 0. The van der Waals surface area contributed by atoms with E-state index in [2.05, 4.69) is 30.5 Å². The summed E-state index contributed by atoms with van der Waals surface area (Å²) in [5.41, 5.74) is 1.03. The Hall–Kier alpha value is -1.26. The van der Waals surface area contributed by atoms with Gasteiger partial charge < -0.3 is 29.6 Å². The highest BCUT2D eigenvalue weighted by Gasteiger charge is 2.21. The van der Waals surface area contributed by atoms with Crippen LogP contribution in [0, 0.1) is 0 Å². The van der Waals surface area contributed by atoms with Gasteiger partial charge in [-0.25, -0.2) is 4.99 Å². The van der Waals surface area contributed by atoms with E-state index in [0.717, 1.165) is 55.4 Å². The molecule has 1 saturated heterocycles. The number of ether oxygens (including phenoxy) is 4. The second-order valence-electron chi connectivity index (χ2n) is 8.03. The monoisotopic (exact) mass is 547 g/mol. The summed E-state index contributed by atoms with van der Waals surface area (Å²) < 4.78 is 23.2. The lowest BCUT2D eigenvalue weighted by molar-refractivity contribution is 0.0347. The Morgan fingerprint density at radius 2 is 2.03 bits per heavy atom. The van der Waals surface area contributed by atoms with Gasteiger partial charge in [0.1, 0.15) is 0 Å². The minimum absolute atomic E-state index is 0. The standard InChI is InChI=1S/C23H37N3O4.HI/c1-4-24-23(26-17(2)15-29-20-12-13-28-16-20)25-14-18-8-7-11-21(27-3)22(18)30-19-9-5-6-10-19;/h7-8,11,17,19-20H,4-6,9-10,12-16H2,1-3H3,(H2,24,25,26);1H. The average Bonchev–Trinajstić information content (AvgIpc) is 3.45. The first-order chi connectivity index (χ1) is 14.7. The van der Waals surface area contributed by atoms with Crippen molar-refractivity contribution in [2.24, 2.45) is 4.99 Å². The normalized spacial score (nSPS) is 20.2. The molecule has 2 aliphatic rings. The Morgan fingerprint density at radius 3 is 2.71 bits per heavy atom. The van der Waals surface area contributed by atoms with Crippen molar-refractivity contribution < 1.29 is 18.9 Å². The molecule has 2 N–H and O–H groups in total. The first kappa shape index (κ1) is 26.0. The molecule has 3 rings (SSSR count). The van der Waals surface area contributed by atoms with Gasteiger partial charge in [0.05, 0.1) is 39.1 Å². The van der Waals surface area contributed by atoms with Gasteiger partial charge in [-0.1, -0.05) is 12.1 Å². The van der Waals surface area contributed by atoms with Crippen molar-refractivity contribution in [3.05, 3.63) is 23.8 Å². The first-order valence-corrected chi connectivity index (χ1v) is 11.3. The highest BCUT2D eigenvalue weighted by atomic mass is 127. The quantitative estimate of drug-likeness (QED) is 0.263. The number of halogens is 1. The van der Waals surface area contributed by atoms with Gasteiger partial charge in [0.2, 0.25) is 0 Å². The van der Waals surface area contributed by atoms with Crippen LogP contribution in [-0.4, -0.2) is 57.7 Å². The molecule has 7 nitrogen and oxygen atoms in total. The fourth-order valence-corrected chi connectivity index (χ4v) is 3.84. The lowest BCUT2D eigenvalue weighted by Crippen LogP contribution is -2.44. The van der Waals surface area contributed by atoms with Crippen molar-refractivity contribution in [2.45, 2.75) is 70.7 Å². The van der Waals surface area contributed by atoms with Gasteiger partial charge in [-0.3, -0.25) is 0 Å². The van der Waals surface area contributed by atoms with Crippen LogP contribution in [-0.2, 0) is 16.0 Å². The third kappa shape index (κ3) is 8.31. The molecular weight excluding hydrogens is 509 g/mol. The molecule has 31 heavy (non-hydrogen) atoms. The largest absolute Gasteiger partial charge is 0.493 e. The maximum atomic E-state index is 6.33. The van der Waals surface area contributed by atoms with Crippen LogP contribution >= 0.6 is 24.0 Å². The minimum Gasteiger partial charge on any atom is -0.493 e. The average molecular weight is 547 g/mol. The molecule has 1 aliphatic heterocycles. The Bertz CT molecular complexity index is 677. The molecule has 1 saturated carbocycles. The maximum absolute atomic E-state index is 6.33. The van der Waals surface area contributed by atoms with E-state index < -0.39 is 0 Å². The van der Waals surface area contributed by atoms with Crippen molar-refractivity contribution in [3.8, 4) is 11.5 Å². The number of nitrogens with one attached hydrogen (secondary N) is 2. The fourth-order valence-electron chi connectivity index (χ4n) is 3.84. The van der Waals surface area contributed by atoms with E-state index in [4.69, 9.17) is 23.9 Å². The van der Waals surface area contributed by atoms with Crippen molar-refractivity contribution in [2.75, 3.05) is 33.5 Å². The van der Waals surface area contributed by atoms with E-state index >= 15 is 0 Å². The van der Waals surface area contributed by atoms with Gasteiger partial charge >= 0.3 is 0 Å². The summed E-state index contributed by atoms with van der Waals surface area (Å²) in [6.07, 6.45) is 6.13. The molecule has 2 fully saturated rings. The molecule has 0 radical (unpaired) electrons. The van der Waals surface area contributed by atoms with Crippen LogP contribution in [0.1, 0.15) is 51.5 Å². The molecule has 8 heteroatoms. The maximum Gasteiger partial charge on any atom is 0.191 e. The highest BCUT2D eigenvalue weighted by molar-refractivity contribution is 14.0. The molecule has 0 spiro atoms. The van der Waals surface area contributed by atoms with Crippen molar-refractivity contribution in [1.29, 1.82) is 0 Å². The van der Waals surface area contributed by atoms with Crippen LogP contribution in [0.2, 0.25) is 0 Å². The number of hydrogen-bond donors (Lipinski definition) is 2. The van der Waals surface area contributed by atoms with E-state index in [-0.39, 0.29) is 42.2 Å². The Morgan fingerprint density at radius 1 is 1.23 bits per heavy atom. The predicted molar refractivity (Wildman–Crippen MR) is 134 cm³/mol. The first-order valence-electron chi connectivity index (χ1n) is 11.3. The molecule has 2 unspecified atom stereocenters. The molecular formula is C23H38IN3O4. The SMILES string of the molecule is CCNC(=NCc1cccc(OC)c1OC1CCCC1)NC(C)COC1CCOC1.I. The van der Waals surface area contributed by atoms with Crippen molar-refractivity contribution >= 4 is 29.9 Å².